The third kappa shape index (κ3) is 2.32. The Morgan fingerprint density at radius 1 is 1.35 bits per heavy atom. The molecule has 0 saturated heterocycles. The molecular formula is C11H10BrF3N2. The quantitative estimate of drug-likeness (QED) is 0.870. The maximum atomic E-state index is 12.8. The summed E-state index contributed by atoms with van der Waals surface area (Å²) >= 11 is 3.26. The van der Waals surface area contributed by atoms with Crippen LogP contribution in [0.3, 0.4) is 0 Å². The summed E-state index contributed by atoms with van der Waals surface area (Å²) in [7, 11) is 1.62. The smallest absolute Gasteiger partial charge is 0.351 e. The fourth-order valence-electron chi connectivity index (χ4n) is 1.82. The van der Waals surface area contributed by atoms with Crippen LogP contribution in [0.1, 0.15) is 11.3 Å². The zero-order valence-corrected chi connectivity index (χ0v) is 10.5. The van der Waals surface area contributed by atoms with Gasteiger partial charge in [-0.25, -0.2) is 0 Å². The van der Waals surface area contributed by atoms with E-state index < -0.39 is 11.9 Å². The highest BCUT2D eigenvalue weighted by Gasteiger charge is 2.36. The second-order valence-electron chi connectivity index (χ2n) is 3.70. The lowest BCUT2D eigenvalue weighted by molar-refractivity contribution is -0.141. The van der Waals surface area contributed by atoms with Gasteiger partial charge in [-0.3, -0.25) is 0 Å². The highest BCUT2D eigenvalue weighted by atomic mass is 79.9. The van der Waals surface area contributed by atoms with Gasteiger partial charge in [0.15, 0.2) is 0 Å². The van der Waals surface area contributed by atoms with Crippen LogP contribution >= 0.6 is 15.9 Å². The first-order valence-corrected chi connectivity index (χ1v) is 5.74. The molecule has 1 aromatic carbocycles. The molecule has 0 spiro atoms. The summed E-state index contributed by atoms with van der Waals surface area (Å²) in [5, 5.41) is 3.34. The molecule has 2 N–H and O–H groups in total. The number of hydrogen-bond donors (Lipinski definition) is 2. The topological polar surface area (TPSA) is 27.8 Å². The molecule has 0 bridgehead atoms. The predicted octanol–water partition coefficient (Wildman–Crippen LogP) is 3.67. The SMILES string of the molecule is CNCc1c(C(F)(F)F)[nH]c2ccc(Br)cc12. The van der Waals surface area contributed by atoms with Gasteiger partial charge in [0.25, 0.3) is 0 Å². The number of halogens is 4. The van der Waals surface area contributed by atoms with Crippen molar-refractivity contribution in [2.75, 3.05) is 7.05 Å². The van der Waals surface area contributed by atoms with Crippen LogP contribution in [0.5, 0.6) is 0 Å². The Bertz CT molecular complexity index is 545. The van der Waals surface area contributed by atoms with Gasteiger partial charge in [-0.2, -0.15) is 13.2 Å². The van der Waals surface area contributed by atoms with Crippen LogP contribution in [0.2, 0.25) is 0 Å². The molecule has 17 heavy (non-hydrogen) atoms. The van der Waals surface area contributed by atoms with E-state index in [0.29, 0.717) is 10.9 Å². The van der Waals surface area contributed by atoms with E-state index in [1.54, 1.807) is 25.2 Å². The summed E-state index contributed by atoms with van der Waals surface area (Å²) in [6.45, 7) is 0.172. The van der Waals surface area contributed by atoms with E-state index in [1.165, 1.54) is 0 Å². The summed E-state index contributed by atoms with van der Waals surface area (Å²) in [6.07, 6.45) is -4.36. The largest absolute Gasteiger partial charge is 0.431 e. The molecule has 1 heterocycles. The monoisotopic (exact) mass is 306 g/mol. The van der Waals surface area contributed by atoms with Crippen LogP contribution in [0.15, 0.2) is 22.7 Å². The van der Waals surface area contributed by atoms with E-state index in [2.05, 4.69) is 26.2 Å². The van der Waals surface area contributed by atoms with Crippen LogP contribution in [0.25, 0.3) is 10.9 Å². The Balaban J connectivity index is 2.71. The predicted molar refractivity (Wildman–Crippen MR) is 63.8 cm³/mol. The molecule has 0 atom stereocenters. The molecule has 0 aliphatic carbocycles. The molecule has 6 heteroatoms. The van der Waals surface area contributed by atoms with E-state index in [0.717, 1.165) is 4.47 Å². The molecule has 92 valence electrons. The molecule has 0 saturated carbocycles. The van der Waals surface area contributed by atoms with Crippen molar-refractivity contribution in [3.05, 3.63) is 33.9 Å². The standard InChI is InChI=1S/C11H10BrF3N2/c1-16-5-8-7-4-6(12)2-3-9(7)17-10(8)11(13,14)15/h2-4,16-17H,5H2,1H3. The van der Waals surface area contributed by atoms with E-state index >= 15 is 0 Å². The zero-order valence-electron chi connectivity index (χ0n) is 8.95. The number of benzene rings is 1. The molecule has 2 rings (SSSR count). The van der Waals surface area contributed by atoms with Crippen LogP contribution < -0.4 is 5.32 Å². The molecule has 2 nitrogen and oxygen atoms in total. The molecule has 0 unspecified atom stereocenters. The highest BCUT2D eigenvalue weighted by Crippen LogP contribution is 2.36. The first-order valence-electron chi connectivity index (χ1n) is 4.95. The number of nitrogens with one attached hydrogen (secondary N) is 2. The van der Waals surface area contributed by atoms with Crippen molar-refractivity contribution in [3.63, 3.8) is 0 Å². The average Bonchev–Trinajstić information content (AvgIpc) is 2.57. The van der Waals surface area contributed by atoms with E-state index in [9.17, 15) is 13.2 Å². The molecule has 0 radical (unpaired) electrons. The molecule has 0 fully saturated rings. The summed E-state index contributed by atoms with van der Waals surface area (Å²) in [5.74, 6) is 0. The molecule has 2 aromatic rings. The van der Waals surface area contributed by atoms with Gasteiger partial charge in [0.1, 0.15) is 5.69 Å². The number of hydrogen-bond acceptors (Lipinski definition) is 1. The summed E-state index contributed by atoms with van der Waals surface area (Å²) in [4.78, 5) is 2.43. The highest BCUT2D eigenvalue weighted by molar-refractivity contribution is 9.10. The lowest BCUT2D eigenvalue weighted by Crippen LogP contribution is -2.13. The van der Waals surface area contributed by atoms with E-state index in [-0.39, 0.29) is 12.1 Å². The normalized spacial score (nSPS) is 12.3. The second kappa shape index (κ2) is 4.34. The Morgan fingerprint density at radius 3 is 2.65 bits per heavy atom. The third-order valence-electron chi connectivity index (χ3n) is 2.51. The molecular weight excluding hydrogens is 297 g/mol. The van der Waals surface area contributed by atoms with Crippen molar-refractivity contribution in [2.45, 2.75) is 12.7 Å². The molecule has 0 amide bonds. The lowest BCUT2D eigenvalue weighted by Gasteiger charge is -2.07. The number of alkyl halides is 3. The van der Waals surface area contributed by atoms with Crippen molar-refractivity contribution in [1.82, 2.24) is 10.3 Å². The average molecular weight is 307 g/mol. The van der Waals surface area contributed by atoms with Crippen molar-refractivity contribution in [2.24, 2.45) is 0 Å². The van der Waals surface area contributed by atoms with Gasteiger partial charge < -0.3 is 10.3 Å². The van der Waals surface area contributed by atoms with Gasteiger partial charge in [-0.1, -0.05) is 15.9 Å². The van der Waals surface area contributed by atoms with Crippen molar-refractivity contribution < 1.29 is 13.2 Å². The van der Waals surface area contributed by atoms with Gasteiger partial charge in [0, 0.05) is 27.5 Å². The number of rotatable bonds is 2. The van der Waals surface area contributed by atoms with Crippen LogP contribution in [-0.4, -0.2) is 12.0 Å². The third-order valence-corrected chi connectivity index (χ3v) is 3.00. The zero-order chi connectivity index (χ0) is 12.6. The second-order valence-corrected chi connectivity index (χ2v) is 4.61. The summed E-state index contributed by atoms with van der Waals surface area (Å²) < 4.78 is 39.3. The Hall–Kier alpha value is -1.01. The minimum absolute atomic E-state index is 0.172. The van der Waals surface area contributed by atoms with Gasteiger partial charge in [-0.05, 0) is 25.2 Å². The summed E-state index contributed by atoms with van der Waals surface area (Å²) in [6, 6.07) is 5.03. The van der Waals surface area contributed by atoms with Gasteiger partial charge in [-0.15, -0.1) is 0 Å². The van der Waals surface area contributed by atoms with E-state index in [4.69, 9.17) is 0 Å². The van der Waals surface area contributed by atoms with Gasteiger partial charge in [0.05, 0.1) is 0 Å². The van der Waals surface area contributed by atoms with E-state index in [1.807, 2.05) is 0 Å². The minimum Gasteiger partial charge on any atom is -0.351 e. The lowest BCUT2D eigenvalue weighted by atomic mass is 10.1. The fourth-order valence-corrected chi connectivity index (χ4v) is 2.18. The van der Waals surface area contributed by atoms with Crippen LogP contribution in [-0.2, 0) is 12.7 Å². The number of fused-ring (bicyclic) bond motifs is 1. The molecule has 0 aliphatic heterocycles. The first-order chi connectivity index (χ1) is 7.93. The fraction of sp³-hybridized carbons (Fsp3) is 0.273. The maximum absolute atomic E-state index is 12.8. The number of aromatic nitrogens is 1. The Labute approximate surface area is 104 Å². The van der Waals surface area contributed by atoms with Gasteiger partial charge >= 0.3 is 6.18 Å². The van der Waals surface area contributed by atoms with Crippen LogP contribution in [0, 0.1) is 0 Å². The summed E-state index contributed by atoms with van der Waals surface area (Å²) in [5.41, 5.74) is 0.0574. The van der Waals surface area contributed by atoms with Crippen molar-refractivity contribution >= 4 is 26.8 Å². The van der Waals surface area contributed by atoms with Crippen molar-refractivity contribution in [1.29, 1.82) is 0 Å². The number of aromatic amines is 1. The first kappa shape index (κ1) is 12.4. The Kier molecular flexibility index (Phi) is 3.18. The minimum atomic E-state index is -4.36. The molecule has 0 aliphatic rings. The number of H-pyrrole nitrogens is 1. The maximum Gasteiger partial charge on any atom is 0.431 e. The van der Waals surface area contributed by atoms with Crippen LogP contribution in [0.4, 0.5) is 13.2 Å². The van der Waals surface area contributed by atoms with Gasteiger partial charge in [0.2, 0.25) is 0 Å². The van der Waals surface area contributed by atoms with Crippen molar-refractivity contribution in [3.8, 4) is 0 Å². The molecule has 1 aromatic heterocycles. The Morgan fingerprint density at radius 2 is 2.06 bits per heavy atom.